The largest absolute Gasteiger partial charge is 0.480 e. The molecule has 0 unspecified atom stereocenters. The SMILES string of the molecule is Cc1ccc(SC2(C(=O)O)COC2)cc1. The Morgan fingerprint density at radius 1 is 1.40 bits per heavy atom. The van der Waals surface area contributed by atoms with Crippen molar-refractivity contribution in [2.75, 3.05) is 13.2 Å². The Hall–Kier alpha value is -1.00. The zero-order valence-electron chi connectivity index (χ0n) is 8.40. The lowest BCUT2D eigenvalue weighted by Crippen LogP contribution is -2.53. The Kier molecular flexibility index (Phi) is 2.71. The summed E-state index contributed by atoms with van der Waals surface area (Å²) in [5.41, 5.74) is 1.17. The molecule has 80 valence electrons. The minimum Gasteiger partial charge on any atom is -0.480 e. The molecule has 2 rings (SSSR count). The minimum absolute atomic E-state index is 0.293. The highest BCUT2D eigenvalue weighted by atomic mass is 32.2. The van der Waals surface area contributed by atoms with E-state index in [0.29, 0.717) is 13.2 Å². The number of rotatable bonds is 3. The molecule has 4 heteroatoms. The van der Waals surface area contributed by atoms with Gasteiger partial charge in [0.25, 0.3) is 0 Å². The quantitative estimate of drug-likeness (QED) is 0.852. The number of carboxylic acids is 1. The van der Waals surface area contributed by atoms with Gasteiger partial charge >= 0.3 is 5.97 Å². The van der Waals surface area contributed by atoms with E-state index < -0.39 is 10.7 Å². The van der Waals surface area contributed by atoms with Crippen molar-refractivity contribution in [1.82, 2.24) is 0 Å². The van der Waals surface area contributed by atoms with Crippen LogP contribution in [0.5, 0.6) is 0 Å². The number of aliphatic carboxylic acids is 1. The molecule has 0 amide bonds. The third-order valence-corrected chi connectivity index (χ3v) is 3.70. The first-order valence-corrected chi connectivity index (χ1v) is 5.51. The van der Waals surface area contributed by atoms with Crippen LogP contribution >= 0.6 is 11.8 Å². The first-order chi connectivity index (χ1) is 7.12. The van der Waals surface area contributed by atoms with Crippen LogP contribution in [0.3, 0.4) is 0 Å². The number of aryl methyl sites for hydroxylation is 1. The van der Waals surface area contributed by atoms with Gasteiger partial charge in [-0.25, -0.2) is 0 Å². The van der Waals surface area contributed by atoms with Crippen LogP contribution in [0.15, 0.2) is 29.2 Å². The van der Waals surface area contributed by atoms with E-state index in [-0.39, 0.29) is 0 Å². The summed E-state index contributed by atoms with van der Waals surface area (Å²) in [7, 11) is 0. The standard InChI is InChI=1S/C11H12O3S/c1-8-2-4-9(5-3-8)15-11(10(12)13)6-14-7-11/h2-5H,6-7H2,1H3,(H,12,13). The van der Waals surface area contributed by atoms with Gasteiger partial charge in [-0.2, -0.15) is 0 Å². The second-order valence-electron chi connectivity index (χ2n) is 3.71. The van der Waals surface area contributed by atoms with Crippen molar-refractivity contribution < 1.29 is 14.6 Å². The van der Waals surface area contributed by atoms with Gasteiger partial charge in [-0.05, 0) is 19.1 Å². The predicted molar refractivity (Wildman–Crippen MR) is 58.2 cm³/mol. The summed E-state index contributed by atoms with van der Waals surface area (Å²) >= 11 is 1.37. The van der Waals surface area contributed by atoms with E-state index >= 15 is 0 Å². The first kappa shape index (κ1) is 10.5. The molecule has 0 radical (unpaired) electrons. The third kappa shape index (κ3) is 2.01. The Morgan fingerprint density at radius 3 is 2.40 bits per heavy atom. The summed E-state index contributed by atoms with van der Waals surface area (Å²) in [4.78, 5) is 12.1. The summed E-state index contributed by atoms with van der Waals surface area (Å²) in [6, 6.07) is 7.86. The number of hydrogen-bond donors (Lipinski definition) is 1. The van der Waals surface area contributed by atoms with Crippen LogP contribution in [0.1, 0.15) is 5.56 Å². The summed E-state index contributed by atoms with van der Waals surface area (Å²) in [6.45, 7) is 2.59. The predicted octanol–water partition coefficient (Wildman–Crippen LogP) is 1.94. The maximum Gasteiger partial charge on any atom is 0.324 e. The molecule has 1 aromatic rings. The van der Waals surface area contributed by atoms with Crippen LogP contribution in [0.25, 0.3) is 0 Å². The Bertz CT molecular complexity index is 368. The van der Waals surface area contributed by atoms with Gasteiger partial charge in [0.1, 0.15) is 0 Å². The molecule has 3 nitrogen and oxygen atoms in total. The highest BCUT2D eigenvalue weighted by Gasteiger charge is 2.47. The summed E-state index contributed by atoms with van der Waals surface area (Å²) in [6.07, 6.45) is 0. The zero-order chi connectivity index (χ0) is 10.9. The van der Waals surface area contributed by atoms with Gasteiger partial charge in [-0.3, -0.25) is 4.79 Å². The number of benzene rings is 1. The molecule has 1 fully saturated rings. The van der Waals surface area contributed by atoms with Crippen molar-refractivity contribution in [2.24, 2.45) is 0 Å². The van der Waals surface area contributed by atoms with E-state index in [1.54, 1.807) is 0 Å². The minimum atomic E-state index is -0.792. The van der Waals surface area contributed by atoms with E-state index in [4.69, 9.17) is 9.84 Å². The second kappa shape index (κ2) is 3.87. The van der Waals surface area contributed by atoms with Gasteiger partial charge < -0.3 is 9.84 Å². The van der Waals surface area contributed by atoms with E-state index in [0.717, 1.165) is 4.90 Å². The molecule has 0 spiro atoms. The van der Waals surface area contributed by atoms with Gasteiger partial charge in [0.2, 0.25) is 0 Å². The van der Waals surface area contributed by atoms with Gasteiger partial charge in [0.05, 0.1) is 13.2 Å². The van der Waals surface area contributed by atoms with Crippen molar-refractivity contribution in [3.05, 3.63) is 29.8 Å². The van der Waals surface area contributed by atoms with Crippen LogP contribution in [-0.4, -0.2) is 29.0 Å². The smallest absolute Gasteiger partial charge is 0.324 e. The van der Waals surface area contributed by atoms with Gasteiger partial charge in [-0.1, -0.05) is 17.7 Å². The Morgan fingerprint density at radius 2 is 2.00 bits per heavy atom. The average molecular weight is 224 g/mol. The van der Waals surface area contributed by atoms with Gasteiger partial charge in [-0.15, -0.1) is 11.8 Å². The molecule has 1 aliphatic heterocycles. The van der Waals surface area contributed by atoms with Crippen molar-refractivity contribution in [1.29, 1.82) is 0 Å². The molecular formula is C11H12O3S. The maximum absolute atomic E-state index is 11.1. The van der Waals surface area contributed by atoms with Crippen LogP contribution in [-0.2, 0) is 9.53 Å². The lowest BCUT2D eigenvalue weighted by Gasteiger charge is -2.36. The van der Waals surface area contributed by atoms with E-state index in [9.17, 15) is 4.79 Å². The maximum atomic E-state index is 11.1. The van der Waals surface area contributed by atoms with Gasteiger partial charge in [0.15, 0.2) is 4.75 Å². The molecule has 1 N–H and O–H groups in total. The Labute approximate surface area is 92.4 Å². The number of carboxylic acid groups (broad SMARTS) is 1. The topological polar surface area (TPSA) is 46.5 Å². The molecule has 0 atom stereocenters. The highest BCUT2D eigenvalue weighted by molar-refractivity contribution is 8.01. The van der Waals surface area contributed by atoms with Crippen LogP contribution in [0, 0.1) is 6.92 Å². The number of carbonyl (C=O) groups is 1. The van der Waals surface area contributed by atoms with Crippen molar-refractivity contribution >= 4 is 17.7 Å². The second-order valence-corrected chi connectivity index (χ2v) is 5.16. The molecule has 0 saturated carbocycles. The third-order valence-electron chi connectivity index (χ3n) is 2.39. The van der Waals surface area contributed by atoms with E-state index in [1.807, 2.05) is 31.2 Å². The highest BCUT2D eigenvalue weighted by Crippen LogP contribution is 2.38. The molecule has 0 aliphatic carbocycles. The molecule has 0 aromatic heterocycles. The van der Waals surface area contributed by atoms with Crippen molar-refractivity contribution in [3.63, 3.8) is 0 Å². The molecule has 1 aromatic carbocycles. The normalized spacial score (nSPS) is 18.2. The summed E-state index contributed by atoms with van der Waals surface area (Å²) < 4.78 is 4.23. The van der Waals surface area contributed by atoms with Crippen LogP contribution in [0.2, 0.25) is 0 Å². The molecular weight excluding hydrogens is 212 g/mol. The number of hydrogen-bond acceptors (Lipinski definition) is 3. The van der Waals surface area contributed by atoms with Crippen LogP contribution < -0.4 is 0 Å². The molecule has 1 saturated heterocycles. The monoisotopic (exact) mass is 224 g/mol. The molecule has 0 bridgehead atoms. The fourth-order valence-electron chi connectivity index (χ4n) is 1.35. The summed E-state index contributed by atoms with van der Waals surface area (Å²) in [5, 5.41) is 9.10. The fraction of sp³-hybridized carbons (Fsp3) is 0.364. The molecule has 1 aliphatic rings. The van der Waals surface area contributed by atoms with E-state index in [2.05, 4.69) is 0 Å². The molecule has 1 heterocycles. The molecule has 15 heavy (non-hydrogen) atoms. The summed E-state index contributed by atoms with van der Waals surface area (Å²) in [5.74, 6) is -0.792. The average Bonchev–Trinajstić information content (AvgIpc) is 2.13. The lowest BCUT2D eigenvalue weighted by molar-refractivity contribution is -0.151. The van der Waals surface area contributed by atoms with Crippen molar-refractivity contribution in [3.8, 4) is 0 Å². The van der Waals surface area contributed by atoms with E-state index in [1.165, 1.54) is 17.3 Å². The number of ether oxygens (including phenoxy) is 1. The number of thioether (sulfide) groups is 1. The van der Waals surface area contributed by atoms with Gasteiger partial charge in [0, 0.05) is 4.90 Å². The van der Waals surface area contributed by atoms with Crippen LogP contribution in [0.4, 0.5) is 0 Å². The Balaban J connectivity index is 2.13. The first-order valence-electron chi connectivity index (χ1n) is 4.69. The zero-order valence-corrected chi connectivity index (χ0v) is 9.21. The van der Waals surface area contributed by atoms with Crippen molar-refractivity contribution in [2.45, 2.75) is 16.6 Å². The fourth-order valence-corrected chi connectivity index (χ4v) is 2.44. The lowest BCUT2D eigenvalue weighted by atomic mass is 10.1.